The van der Waals surface area contributed by atoms with Crippen LogP contribution in [0.5, 0.6) is 5.75 Å². The Labute approximate surface area is 141 Å². The summed E-state index contributed by atoms with van der Waals surface area (Å²) in [5.74, 6) is 0.427. The van der Waals surface area contributed by atoms with Gasteiger partial charge in [-0.3, -0.25) is 0 Å². The predicted octanol–water partition coefficient (Wildman–Crippen LogP) is 2.78. The molecule has 1 fully saturated rings. The number of carbonyl (C=O) groups is 1. The quantitative estimate of drug-likeness (QED) is 0.914. The number of likely N-dealkylation sites (tertiary alicyclic amines) is 1. The van der Waals surface area contributed by atoms with Gasteiger partial charge in [-0.05, 0) is 51.7 Å². The van der Waals surface area contributed by atoms with E-state index >= 15 is 0 Å². The van der Waals surface area contributed by atoms with Gasteiger partial charge in [0.15, 0.2) is 5.52 Å². The van der Waals surface area contributed by atoms with Crippen molar-refractivity contribution in [3.63, 3.8) is 0 Å². The van der Waals surface area contributed by atoms with Crippen LogP contribution in [0.2, 0.25) is 0 Å². The van der Waals surface area contributed by atoms with Gasteiger partial charge in [-0.2, -0.15) is 0 Å². The van der Waals surface area contributed by atoms with E-state index < -0.39 is 5.60 Å². The average molecular weight is 332 g/mol. The SMILES string of the molecule is CC(C)(C)OC(=O)N1CCCC(Cn2nnc3c(O)cccc32)C1. The predicted molar refractivity (Wildman–Crippen MR) is 89.7 cm³/mol. The van der Waals surface area contributed by atoms with E-state index in [9.17, 15) is 9.90 Å². The van der Waals surface area contributed by atoms with Crippen LogP contribution in [0.3, 0.4) is 0 Å². The first-order chi connectivity index (χ1) is 11.3. The van der Waals surface area contributed by atoms with Crippen molar-refractivity contribution in [2.75, 3.05) is 13.1 Å². The molecule has 1 aromatic heterocycles. The molecule has 7 nitrogen and oxygen atoms in total. The van der Waals surface area contributed by atoms with Crippen molar-refractivity contribution in [1.29, 1.82) is 0 Å². The number of hydrogen-bond donors (Lipinski definition) is 1. The maximum atomic E-state index is 12.3. The van der Waals surface area contributed by atoms with E-state index in [1.54, 1.807) is 21.7 Å². The Bertz CT molecular complexity index is 735. The number of carbonyl (C=O) groups excluding carboxylic acids is 1. The van der Waals surface area contributed by atoms with Gasteiger partial charge in [-0.1, -0.05) is 11.3 Å². The Balaban J connectivity index is 1.69. The van der Waals surface area contributed by atoms with Crippen molar-refractivity contribution in [1.82, 2.24) is 19.9 Å². The van der Waals surface area contributed by atoms with Crippen LogP contribution in [0, 0.1) is 5.92 Å². The third-order valence-corrected chi connectivity index (χ3v) is 4.13. The Hall–Kier alpha value is -2.31. The monoisotopic (exact) mass is 332 g/mol. The lowest BCUT2D eigenvalue weighted by Crippen LogP contribution is -2.43. The number of aromatic hydroxyl groups is 1. The fourth-order valence-electron chi connectivity index (χ4n) is 3.06. The molecule has 0 saturated carbocycles. The highest BCUT2D eigenvalue weighted by molar-refractivity contribution is 5.80. The van der Waals surface area contributed by atoms with Crippen molar-refractivity contribution < 1.29 is 14.6 Å². The highest BCUT2D eigenvalue weighted by Gasteiger charge is 2.28. The van der Waals surface area contributed by atoms with Gasteiger partial charge in [0.05, 0.1) is 5.52 Å². The topological polar surface area (TPSA) is 80.5 Å². The minimum atomic E-state index is -0.482. The molecule has 1 aromatic carbocycles. The summed E-state index contributed by atoms with van der Waals surface area (Å²) < 4.78 is 7.27. The second kappa shape index (κ2) is 6.30. The summed E-state index contributed by atoms with van der Waals surface area (Å²) in [5, 5.41) is 18.0. The van der Waals surface area contributed by atoms with E-state index in [2.05, 4.69) is 10.3 Å². The molecular formula is C17H24N4O3. The van der Waals surface area contributed by atoms with Crippen molar-refractivity contribution in [2.45, 2.75) is 45.8 Å². The van der Waals surface area contributed by atoms with Gasteiger partial charge in [-0.15, -0.1) is 5.10 Å². The number of phenols is 1. The largest absolute Gasteiger partial charge is 0.506 e. The molecule has 1 aliphatic heterocycles. The van der Waals surface area contributed by atoms with Gasteiger partial charge in [0.2, 0.25) is 0 Å². The lowest BCUT2D eigenvalue weighted by Gasteiger charge is -2.34. The Morgan fingerprint density at radius 2 is 2.21 bits per heavy atom. The average Bonchev–Trinajstić information content (AvgIpc) is 2.90. The summed E-state index contributed by atoms with van der Waals surface area (Å²) >= 11 is 0. The lowest BCUT2D eigenvalue weighted by molar-refractivity contribution is 0.0155. The van der Waals surface area contributed by atoms with Crippen LogP contribution in [0.1, 0.15) is 33.6 Å². The smallest absolute Gasteiger partial charge is 0.410 e. The Kier molecular flexibility index (Phi) is 4.34. The number of fused-ring (bicyclic) bond motifs is 1. The van der Waals surface area contributed by atoms with Crippen LogP contribution in [-0.4, -0.2) is 49.8 Å². The van der Waals surface area contributed by atoms with Crippen LogP contribution in [0.25, 0.3) is 11.0 Å². The normalized spacial score (nSPS) is 18.8. The van der Waals surface area contributed by atoms with Gasteiger partial charge in [0.25, 0.3) is 0 Å². The van der Waals surface area contributed by atoms with Crippen LogP contribution in [-0.2, 0) is 11.3 Å². The zero-order valence-electron chi connectivity index (χ0n) is 14.4. The van der Waals surface area contributed by atoms with Crippen LogP contribution in [0.15, 0.2) is 18.2 Å². The fraction of sp³-hybridized carbons (Fsp3) is 0.588. The molecule has 1 amide bonds. The minimum absolute atomic E-state index is 0.137. The van der Waals surface area contributed by atoms with Crippen LogP contribution in [0.4, 0.5) is 4.79 Å². The number of nitrogens with zero attached hydrogens (tertiary/aromatic N) is 4. The van der Waals surface area contributed by atoms with Crippen molar-refractivity contribution in [3.8, 4) is 5.75 Å². The van der Waals surface area contributed by atoms with Gasteiger partial charge in [0, 0.05) is 19.6 Å². The third-order valence-electron chi connectivity index (χ3n) is 4.13. The van der Waals surface area contributed by atoms with E-state index in [0.717, 1.165) is 24.9 Å². The number of benzene rings is 1. The standard InChI is InChI=1S/C17H24N4O3/c1-17(2,3)24-16(23)20-9-5-6-12(10-20)11-21-13-7-4-8-14(22)15(13)18-19-21/h4,7-8,12,22H,5-6,9-11H2,1-3H3. The summed E-state index contributed by atoms with van der Waals surface area (Å²) in [4.78, 5) is 14.0. The number of ether oxygens (including phenoxy) is 1. The first-order valence-corrected chi connectivity index (χ1v) is 8.32. The molecule has 1 unspecified atom stereocenters. The molecule has 0 bridgehead atoms. The van der Waals surface area contributed by atoms with Gasteiger partial charge < -0.3 is 14.7 Å². The minimum Gasteiger partial charge on any atom is -0.506 e. The molecule has 0 spiro atoms. The maximum Gasteiger partial charge on any atom is 0.410 e. The Morgan fingerprint density at radius 1 is 1.42 bits per heavy atom. The molecule has 2 heterocycles. The van der Waals surface area contributed by atoms with Crippen LogP contribution < -0.4 is 0 Å². The molecule has 0 radical (unpaired) electrons. The molecule has 130 valence electrons. The molecule has 24 heavy (non-hydrogen) atoms. The van der Waals surface area contributed by atoms with E-state index in [-0.39, 0.29) is 11.8 Å². The Morgan fingerprint density at radius 3 is 2.96 bits per heavy atom. The van der Waals surface area contributed by atoms with Crippen molar-refractivity contribution >= 4 is 17.1 Å². The first kappa shape index (κ1) is 16.5. The van der Waals surface area contributed by atoms with Crippen LogP contribution >= 0.6 is 0 Å². The molecule has 1 atom stereocenters. The maximum absolute atomic E-state index is 12.3. The number of phenolic OH excluding ortho intramolecular Hbond substituents is 1. The molecule has 1 N–H and O–H groups in total. The molecule has 1 aliphatic rings. The molecule has 3 rings (SSSR count). The summed E-state index contributed by atoms with van der Waals surface area (Å²) in [7, 11) is 0. The van der Waals surface area contributed by atoms with E-state index in [1.807, 2.05) is 26.8 Å². The highest BCUT2D eigenvalue weighted by Crippen LogP contribution is 2.25. The highest BCUT2D eigenvalue weighted by atomic mass is 16.6. The van der Waals surface area contributed by atoms with E-state index in [0.29, 0.717) is 24.5 Å². The van der Waals surface area contributed by atoms with Crippen molar-refractivity contribution in [3.05, 3.63) is 18.2 Å². The molecular weight excluding hydrogens is 308 g/mol. The first-order valence-electron chi connectivity index (χ1n) is 8.32. The number of hydrogen-bond acceptors (Lipinski definition) is 5. The van der Waals surface area contributed by atoms with Crippen molar-refractivity contribution in [2.24, 2.45) is 5.92 Å². The summed E-state index contributed by atoms with van der Waals surface area (Å²) in [6.07, 6.45) is 1.72. The summed E-state index contributed by atoms with van der Waals surface area (Å²) in [6.45, 7) is 7.67. The van der Waals surface area contributed by atoms with Gasteiger partial charge in [0.1, 0.15) is 11.4 Å². The molecule has 0 aliphatic carbocycles. The van der Waals surface area contributed by atoms with E-state index in [1.165, 1.54) is 0 Å². The second-order valence-electron chi connectivity index (χ2n) is 7.35. The third kappa shape index (κ3) is 3.60. The summed E-state index contributed by atoms with van der Waals surface area (Å²) in [5.41, 5.74) is 0.839. The zero-order chi connectivity index (χ0) is 17.3. The zero-order valence-corrected chi connectivity index (χ0v) is 14.4. The number of rotatable bonds is 2. The molecule has 1 saturated heterocycles. The van der Waals surface area contributed by atoms with Gasteiger partial charge >= 0.3 is 6.09 Å². The number of aromatic nitrogens is 3. The van der Waals surface area contributed by atoms with E-state index in [4.69, 9.17) is 4.74 Å². The van der Waals surface area contributed by atoms with Gasteiger partial charge in [-0.25, -0.2) is 9.48 Å². The fourth-order valence-corrected chi connectivity index (χ4v) is 3.06. The second-order valence-corrected chi connectivity index (χ2v) is 7.35. The number of amides is 1. The summed E-state index contributed by atoms with van der Waals surface area (Å²) in [6, 6.07) is 5.28. The lowest BCUT2D eigenvalue weighted by atomic mass is 9.98. The molecule has 2 aromatic rings. The molecule has 7 heteroatoms. The number of piperidine rings is 1.